The van der Waals surface area contributed by atoms with Crippen molar-refractivity contribution in [1.82, 2.24) is 29.9 Å². The number of pyridine rings is 1. The van der Waals surface area contributed by atoms with Crippen molar-refractivity contribution < 1.29 is 9.84 Å². The number of aromatic nitrogens is 6. The molecule has 39 heavy (non-hydrogen) atoms. The summed E-state index contributed by atoms with van der Waals surface area (Å²) in [6.07, 6.45) is 6.36. The average molecular weight is 523 g/mol. The highest BCUT2D eigenvalue weighted by atomic mass is 16.5. The number of ether oxygens (including phenoxy) is 1. The topological polar surface area (TPSA) is 135 Å². The minimum atomic E-state index is -0.836. The Bertz CT molecular complexity index is 1500. The number of anilines is 1. The summed E-state index contributed by atoms with van der Waals surface area (Å²) in [6, 6.07) is 17.2. The van der Waals surface area contributed by atoms with Crippen molar-refractivity contribution >= 4 is 5.95 Å². The summed E-state index contributed by atoms with van der Waals surface area (Å²) in [5.41, 5.74) is 4.00. The third kappa shape index (κ3) is 5.65. The van der Waals surface area contributed by atoms with Crippen molar-refractivity contribution in [3.8, 4) is 28.7 Å². The average Bonchev–Trinajstić information content (AvgIpc) is 3.75. The van der Waals surface area contributed by atoms with Crippen LogP contribution in [-0.2, 0) is 16.9 Å². The van der Waals surface area contributed by atoms with E-state index < -0.39 is 5.60 Å². The lowest BCUT2D eigenvalue weighted by Gasteiger charge is -2.21. The highest BCUT2D eigenvalue weighted by Gasteiger charge is 2.34. The van der Waals surface area contributed by atoms with Gasteiger partial charge in [0.1, 0.15) is 11.3 Å². The van der Waals surface area contributed by atoms with Crippen LogP contribution < -0.4 is 5.32 Å². The Balaban J connectivity index is 1.27. The molecule has 10 heteroatoms. The quantitative estimate of drug-likeness (QED) is 0.353. The van der Waals surface area contributed by atoms with Gasteiger partial charge >= 0.3 is 0 Å². The normalized spacial score (nSPS) is 18.2. The maximum atomic E-state index is 11.0. The van der Waals surface area contributed by atoms with Gasteiger partial charge in [-0.2, -0.15) is 5.26 Å². The minimum Gasteiger partial charge on any atom is -0.384 e. The van der Waals surface area contributed by atoms with Crippen LogP contribution in [0.15, 0.2) is 54.7 Å². The molecule has 0 spiro atoms. The number of aliphatic hydroxyl groups is 1. The molecule has 1 aromatic carbocycles. The second kappa shape index (κ2) is 10.9. The third-order valence-corrected chi connectivity index (χ3v) is 7.43. The zero-order valence-corrected chi connectivity index (χ0v) is 21.6. The Morgan fingerprint density at radius 1 is 1.05 bits per heavy atom. The molecule has 1 saturated carbocycles. The second-order valence-electron chi connectivity index (χ2n) is 10.3. The molecule has 2 N–H and O–H groups in total. The van der Waals surface area contributed by atoms with Crippen LogP contribution in [-0.4, -0.2) is 54.8 Å². The van der Waals surface area contributed by atoms with Crippen molar-refractivity contribution in [3.05, 3.63) is 71.7 Å². The summed E-state index contributed by atoms with van der Waals surface area (Å²) in [5.74, 6) is 0.902. The van der Waals surface area contributed by atoms with Crippen molar-refractivity contribution in [2.45, 2.75) is 44.2 Å². The number of nitriles is 1. The molecule has 4 heterocycles. The first-order valence-corrected chi connectivity index (χ1v) is 13.4. The van der Waals surface area contributed by atoms with E-state index in [2.05, 4.69) is 21.7 Å². The molecule has 1 aliphatic carbocycles. The van der Waals surface area contributed by atoms with Crippen molar-refractivity contribution in [1.29, 1.82) is 5.26 Å². The van der Waals surface area contributed by atoms with Crippen LogP contribution in [0.4, 0.5) is 5.95 Å². The molecule has 1 saturated heterocycles. The van der Waals surface area contributed by atoms with E-state index in [0.29, 0.717) is 47.6 Å². The van der Waals surface area contributed by atoms with E-state index in [9.17, 15) is 10.4 Å². The van der Waals surface area contributed by atoms with Gasteiger partial charge in [-0.3, -0.25) is 4.98 Å². The monoisotopic (exact) mass is 522 g/mol. The van der Waals surface area contributed by atoms with Gasteiger partial charge < -0.3 is 15.2 Å². The highest BCUT2D eigenvalue weighted by molar-refractivity contribution is 5.68. The maximum Gasteiger partial charge on any atom is 0.223 e. The predicted octanol–water partition coefficient (Wildman–Crippen LogP) is 3.93. The van der Waals surface area contributed by atoms with Crippen LogP contribution in [0.3, 0.4) is 0 Å². The number of nitrogens with one attached hydrogen (secondary N) is 1. The van der Waals surface area contributed by atoms with Gasteiger partial charge in [0.25, 0.3) is 0 Å². The van der Waals surface area contributed by atoms with E-state index in [-0.39, 0.29) is 0 Å². The summed E-state index contributed by atoms with van der Waals surface area (Å²) in [4.78, 5) is 14.2. The number of hydrogen-bond donors (Lipinski definition) is 2. The molecule has 198 valence electrons. The number of hydrogen-bond acceptors (Lipinski definition) is 9. The lowest BCUT2D eigenvalue weighted by molar-refractivity contribution is 0.0397. The standard InChI is InChI=1S/C29H30N8O2/c30-15-20-5-3-6-22(13-20)24-14-25(34-28(33-24)31-16-21-9-12-39-19-21)26-18-37(36-35-26)17-23-7-4-8-27(32-23)29(38)10-1-2-11-29/h3-8,13-14,18,21,38H,1-2,9-12,16-17,19H2,(H,31,33,34). The van der Waals surface area contributed by atoms with Crippen molar-refractivity contribution in [2.24, 2.45) is 5.92 Å². The van der Waals surface area contributed by atoms with Gasteiger partial charge in [0.05, 0.1) is 53.8 Å². The Kier molecular flexibility index (Phi) is 7.00. The maximum absolute atomic E-state index is 11.0. The van der Waals surface area contributed by atoms with Gasteiger partial charge in [-0.15, -0.1) is 5.10 Å². The van der Waals surface area contributed by atoms with Crippen LogP contribution in [0, 0.1) is 17.2 Å². The van der Waals surface area contributed by atoms with Crippen LogP contribution >= 0.6 is 0 Å². The zero-order chi connectivity index (χ0) is 26.7. The summed E-state index contributed by atoms with van der Waals surface area (Å²) >= 11 is 0. The molecular formula is C29H30N8O2. The smallest absolute Gasteiger partial charge is 0.223 e. The summed E-state index contributed by atoms with van der Waals surface area (Å²) < 4.78 is 7.22. The van der Waals surface area contributed by atoms with E-state index in [1.165, 1.54) is 0 Å². The Labute approximate surface area is 226 Å². The molecule has 4 aromatic rings. The Morgan fingerprint density at radius 2 is 1.90 bits per heavy atom. The molecule has 2 aliphatic rings. The molecular weight excluding hydrogens is 492 g/mol. The minimum absolute atomic E-state index is 0.411. The van der Waals surface area contributed by atoms with E-state index in [1.807, 2.05) is 48.7 Å². The van der Waals surface area contributed by atoms with Crippen LogP contribution in [0.2, 0.25) is 0 Å². The lowest BCUT2D eigenvalue weighted by atomic mass is 9.97. The fourth-order valence-corrected chi connectivity index (χ4v) is 5.24. The van der Waals surface area contributed by atoms with E-state index in [1.54, 1.807) is 10.7 Å². The molecule has 0 radical (unpaired) electrons. The summed E-state index contributed by atoms with van der Waals surface area (Å²) in [7, 11) is 0. The van der Waals surface area contributed by atoms with Gasteiger partial charge in [-0.1, -0.05) is 36.3 Å². The third-order valence-electron chi connectivity index (χ3n) is 7.43. The van der Waals surface area contributed by atoms with E-state index in [0.717, 1.165) is 62.3 Å². The van der Waals surface area contributed by atoms with Gasteiger partial charge in [0.15, 0.2) is 0 Å². The van der Waals surface area contributed by atoms with Crippen LogP contribution in [0.5, 0.6) is 0 Å². The fourth-order valence-electron chi connectivity index (χ4n) is 5.24. The number of rotatable bonds is 8. The summed E-state index contributed by atoms with van der Waals surface area (Å²) in [5, 5.41) is 32.4. The van der Waals surface area contributed by atoms with Crippen LogP contribution in [0.25, 0.3) is 22.6 Å². The van der Waals surface area contributed by atoms with Crippen LogP contribution in [0.1, 0.15) is 49.1 Å². The first-order valence-electron chi connectivity index (χ1n) is 13.4. The first-order chi connectivity index (χ1) is 19.1. The molecule has 10 nitrogen and oxygen atoms in total. The Hall–Kier alpha value is -4.20. The van der Waals surface area contributed by atoms with Crippen molar-refractivity contribution in [2.75, 3.05) is 25.1 Å². The zero-order valence-electron chi connectivity index (χ0n) is 21.6. The second-order valence-corrected chi connectivity index (χ2v) is 10.3. The molecule has 3 aromatic heterocycles. The lowest BCUT2D eigenvalue weighted by Crippen LogP contribution is -2.23. The van der Waals surface area contributed by atoms with Gasteiger partial charge in [-0.25, -0.2) is 14.6 Å². The number of benzene rings is 1. The van der Waals surface area contributed by atoms with Crippen molar-refractivity contribution in [3.63, 3.8) is 0 Å². The molecule has 6 rings (SSSR count). The van der Waals surface area contributed by atoms with Gasteiger partial charge in [-0.05, 0) is 49.6 Å². The fraction of sp³-hybridized carbons (Fsp3) is 0.379. The molecule has 1 atom stereocenters. The first kappa shape index (κ1) is 25.1. The summed E-state index contributed by atoms with van der Waals surface area (Å²) in [6.45, 7) is 2.64. The Morgan fingerprint density at radius 3 is 2.72 bits per heavy atom. The molecule has 1 aliphatic heterocycles. The molecule has 0 amide bonds. The number of nitrogens with zero attached hydrogens (tertiary/aromatic N) is 7. The van der Waals surface area contributed by atoms with E-state index in [4.69, 9.17) is 19.7 Å². The largest absolute Gasteiger partial charge is 0.384 e. The molecule has 2 fully saturated rings. The molecule has 0 bridgehead atoms. The van der Waals surface area contributed by atoms with Gasteiger partial charge in [0.2, 0.25) is 5.95 Å². The predicted molar refractivity (Wildman–Crippen MR) is 144 cm³/mol. The SMILES string of the molecule is N#Cc1cccc(-c2cc(-c3cn(Cc4cccc(C5(O)CCCC5)n4)nn3)nc(NCC3CCOC3)n2)c1. The van der Waals surface area contributed by atoms with Gasteiger partial charge in [0, 0.05) is 24.6 Å². The van der Waals surface area contributed by atoms with E-state index >= 15 is 0 Å². The molecule has 1 unspecified atom stereocenters. The highest BCUT2D eigenvalue weighted by Crippen LogP contribution is 2.37.